The lowest BCUT2D eigenvalue weighted by atomic mass is 10.1. The number of benzene rings is 1. The summed E-state index contributed by atoms with van der Waals surface area (Å²) in [6.45, 7) is 6.45. The summed E-state index contributed by atoms with van der Waals surface area (Å²) < 4.78 is 5.36. The molecule has 0 aliphatic heterocycles. The van der Waals surface area contributed by atoms with E-state index in [2.05, 4.69) is 37.4 Å². The molecule has 0 spiro atoms. The van der Waals surface area contributed by atoms with Crippen molar-refractivity contribution < 1.29 is 4.74 Å². The minimum Gasteiger partial charge on any atom is -0.494 e. The Morgan fingerprint density at radius 3 is 2.79 bits per heavy atom. The Kier molecular flexibility index (Phi) is 4.74. The lowest BCUT2D eigenvalue weighted by molar-refractivity contribution is 0.419. The first-order valence-electron chi connectivity index (χ1n) is 6.84. The summed E-state index contributed by atoms with van der Waals surface area (Å²) in [5.74, 6) is 1.53. The largest absolute Gasteiger partial charge is 0.494 e. The van der Waals surface area contributed by atoms with E-state index in [0.29, 0.717) is 5.92 Å². The first-order chi connectivity index (χ1) is 9.20. The first-order valence-corrected chi connectivity index (χ1v) is 6.84. The molecule has 0 saturated carbocycles. The number of ether oxygens (including phenoxy) is 1. The van der Waals surface area contributed by atoms with E-state index < -0.39 is 0 Å². The van der Waals surface area contributed by atoms with Gasteiger partial charge in [-0.15, -0.1) is 0 Å². The third kappa shape index (κ3) is 3.67. The van der Waals surface area contributed by atoms with E-state index in [1.165, 1.54) is 0 Å². The summed E-state index contributed by atoms with van der Waals surface area (Å²) in [4.78, 5) is 4.70. The predicted molar refractivity (Wildman–Crippen MR) is 79.7 cm³/mol. The van der Waals surface area contributed by atoms with Crippen LogP contribution in [-0.4, -0.2) is 25.2 Å². The van der Waals surface area contributed by atoms with Crippen LogP contribution in [0.1, 0.15) is 19.5 Å². The Bertz CT molecular complexity index is 537. The number of hydrogen-bond acceptors (Lipinski definition) is 3. The second kappa shape index (κ2) is 6.53. The molecule has 3 heteroatoms. The highest BCUT2D eigenvalue weighted by Gasteiger charge is 2.04. The topological polar surface area (TPSA) is 34.1 Å². The normalized spacial score (nSPS) is 11.2. The van der Waals surface area contributed by atoms with Gasteiger partial charge in [0.1, 0.15) is 11.3 Å². The van der Waals surface area contributed by atoms with Crippen LogP contribution in [0.2, 0.25) is 0 Å². The Hall–Kier alpha value is -1.61. The molecular weight excluding hydrogens is 236 g/mol. The maximum Gasteiger partial charge on any atom is 0.145 e. The van der Waals surface area contributed by atoms with Crippen molar-refractivity contribution in [1.29, 1.82) is 0 Å². The van der Waals surface area contributed by atoms with E-state index in [4.69, 9.17) is 9.72 Å². The van der Waals surface area contributed by atoms with Crippen LogP contribution in [0.3, 0.4) is 0 Å². The van der Waals surface area contributed by atoms with E-state index in [1.807, 2.05) is 12.1 Å². The van der Waals surface area contributed by atoms with Crippen molar-refractivity contribution in [2.24, 2.45) is 5.92 Å². The van der Waals surface area contributed by atoms with Crippen LogP contribution >= 0.6 is 0 Å². The van der Waals surface area contributed by atoms with Gasteiger partial charge in [-0.2, -0.15) is 0 Å². The molecule has 1 aromatic heterocycles. The number of rotatable bonds is 6. The summed E-state index contributed by atoms with van der Waals surface area (Å²) in [6, 6.07) is 10.2. The van der Waals surface area contributed by atoms with Crippen LogP contribution in [0.5, 0.6) is 5.75 Å². The molecular formula is C16H22N2O. The minimum absolute atomic E-state index is 0.685. The molecule has 3 nitrogen and oxygen atoms in total. The maximum atomic E-state index is 5.36. The van der Waals surface area contributed by atoms with Gasteiger partial charge in [-0.25, -0.2) is 4.98 Å². The van der Waals surface area contributed by atoms with Crippen molar-refractivity contribution in [1.82, 2.24) is 10.3 Å². The molecule has 0 aliphatic rings. The highest BCUT2D eigenvalue weighted by Crippen LogP contribution is 2.23. The van der Waals surface area contributed by atoms with E-state index in [1.54, 1.807) is 7.11 Å². The van der Waals surface area contributed by atoms with Crippen LogP contribution in [0, 0.1) is 5.92 Å². The molecule has 1 N–H and O–H groups in total. The molecule has 1 aromatic carbocycles. The average Bonchev–Trinajstić information content (AvgIpc) is 2.42. The number of pyridine rings is 1. The van der Waals surface area contributed by atoms with Crippen LogP contribution in [-0.2, 0) is 6.42 Å². The lowest BCUT2D eigenvalue weighted by Gasteiger charge is -2.09. The molecule has 0 atom stereocenters. The van der Waals surface area contributed by atoms with Gasteiger partial charge in [-0.3, -0.25) is 0 Å². The number of fused-ring (bicyclic) bond motifs is 1. The highest BCUT2D eigenvalue weighted by molar-refractivity contribution is 5.84. The summed E-state index contributed by atoms with van der Waals surface area (Å²) in [5, 5.41) is 4.56. The van der Waals surface area contributed by atoms with Crippen molar-refractivity contribution in [3.8, 4) is 5.75 Å². The van der Waals surface area contributed by atoms with Gasteiger partial charge in [-0.05, 0) is 24.6 Å². The first kappa shape index (κ1) is 13.8. The minimum atomic E-state index is 0.685. The number of methoxy groups -OCH3 is 1. The van der Waals surface area contributed by atoms with Crippen LogP contribution in [0.25, 0.3) is 10.9 Å². The fourth-order valence-electron chi connectivity index (χ4n) is 2.07. The number of nitrogens with zero attached hydrogens (tertiary/aromatic N) is 1. The lowest BCUT2D eigenvalue weighted by Crippen LogP contribution is -2.22. The summed E-state index contributed by atoms with van der Waals surface area (Å²) in [6.07, 6.45) is 0.945. The van der Waals surface area contributed by atoms with Gasteiger partial charge in [0.15, 0.2) is 0 Å². The predicted octanol–water partition coefficient (Wildman–Crippen LogP) is 3.03. The number of nitrogens with one attached hydrogen (secondary N) is 1. The van der Waals surface area contributed by atoms with Gasteiger partial charge >= 0.3 is 0 Å². The SMILES string of the molecule is COc1cccc2ccc(CCNCC(C)C)nc12. The molecule has 1 heterocycles. The molecule has 2 aromatic rings. The van der Waals surface area contributed by atoms with Gasteiger partial charge in [0.05, 0.1) is 7.11 Å². The molecule has 102 valence electrons. The monoisotopic (exact) mass is 258 g/mol. The Morgan fingerprint density at radius 1 is 1.21 bits per heavy atom. The van der Waals surface area contributed by atoms with E-state index in [0.717, 1.165) is 41.9 Å². The summed E-state index contributed by atoms with van der Waals surface area (Å²) in [5.41, 5.74) is 2.06. The molecule has 0 radical (unpaired) electrons. The molecule has 0 bridgehead atoms. The van der Waals surface area contributed by atoms with Crippen molar-refractivity contribution in [3.05, 3.63) is 36.0 Å². The zero-order valence-corrected chi connectivity index (χ0v) is 11.9. The average molecular weight is 258 g/mol. The zero-order chi connectivity index (χ0) is 13.7. The molecule has 0 amide bonds. The van der Waals surface area contributed by atoms with Crippen molar-refractivity contribution in [2.45, 2.75) is 20.3 Å². The molecule has 0 unspecified atom stereocenters. The Balaban J connectivity index is 2.08. The van der Waals surface area contributed by atoms with Gasteiger partial charge < -0.3 is 10.1 Å². The van der Waals surface area contributed by atoms with Gasteiger partial charge in [0, 0.05) is 24.0 Å². The van der Waals surface area contributed by atoms with Gasteiger partial charge in [0.25, 0.3) is 0 Å². The molecule has 2 rings (SSSR count). The van der Waals surface area contributed by atoms with Gasteiger partial charge in [-0.1, -0.05) is 32.0 Å². The van der Waals surface area contributed by atoms with Crippen LogP contribution in [0.15, 0.2) is 30.3 Å². The van der Waals surface area contributed by atoms with Crippen molar-refractivity contribution in [3.63, 3.8) is 0 Å². The second-order valence-corrected chi connectivity index (χ2v) is 5.18. The smallest absolute Gasteiger partial charge is 0.145 e. The Labute approximate surface area is 115 Å². The maximum absolute atomic E-state index is 5.36. The fourth-order valence-corrected chi connectivity index (χ4v) is 2.07. The van der Waals surface area contributed by atoms with Gasteiger partial charge in [0.2, 0.25) is 0 Å². The third-order valence-corrected chi connectivity index (χ3v) is 3.07. The zero-order valence-electron chi connectivity index (χ0n) is 11.9. The summed E-state index contributed by atoms with van der Waals surface area (Å²) in [7, 11) is 1.69. The molecule has 0 aliphatic carbocycles. The second-order valence-electron chi connectivity index (χ2n) is 5.18. The Morgan fingerprint density at radius 2 is 2.05 bits per heavy atom. The standard InChI is InChI=1S/C16H22N2O/c1-12(2)11-17-10-9-14-8-7-13-5-4-6-15(19-3)16(13)18-14/h4-8,12,17H,9-11H2,1-3H3. The molecule has 0 fully saturated rings. The van der Waals surface area contributed by atoms with Crippen molar-refractivity contribution >= 4 is 10.9 Å². The molecule has 0 saturated heterocycles. The quantitative estimate of drug-likeness (QED) is 0.809. The van der Waals surface area contributed by atoms with Crippen LogP contribution < -0.4 is 10.1 Å². The fraction of sp³-hybridized carbons (Fsp3) is 0.438. The van der Waals surface area contributed by atoms with E-state index in [9.17, 15) is 0 Å². The number of hydrogen-bond donors (Lipinski definition) is 1. The number of aromatic nitrogens is 1. The van der Waals surface area contributed by atoms with Crippen molar-refractivity contribution in [2.75, 3.05) is 20.2 Å². The molecule has 19 heavy (non-hydrogen) atoms. The summed E-state index contributed by atoms with van der Waals surface area (Å²) >= 11 is 0. The number of para-hydroxylation sites is 1. The third-order valence-electron chi connectivity index (χ3n) is 3.07. The highest BCUT2D eigenvalue weighted by atomic mass is 16.5. The van der Waals surface area contributed by atoms with E-state index >= 15 is 0 Å². The van der Waals surface area contributed by atoms with Crippen LogP contribution in [0.4, 0.5) is 0 Å². The van der Waals surface area contributed by atoms with E-state index in [-0.39, 0.29) is 0 Å².